The first-order valence-corrected chi connectivity index (χ1v) is 11.4. The Morgan fingerprint density at radius 1 is 1.21 bits per heavy atom. The number of amides is 1. The van der Waals surface area contributed by atoms with E-state index in [0.29, 0.717) is 23.4 Å². The summed E-state index contributed by atoms with van der Waals surface area (Å²) in [5.41, 5.74) is 9.88. The Labute approximate surface area is 192 Å². The summed E-state index contributed by atoms with van der Waals surface area (Å²) in [7, 11) is 1.84. The molecule has 0 aliphatic heterocycles. The molecule has 2 atom stereocenters. The highest BCUT2D eigenvalue weighted by molar-refractivity contribution is 7.14. The molecule has 4 heterocycles. The largest absolute Gasteiger partial charge is 0.341 e. The van der Waals surface area contributed by atoms with Crippen molar-refractivity contribution in [3.63, 3.8) is 0 Å². The van der Waals surface area contributed by atoms with E-state index in [0.717, 1.165) is 27.1 Å². The van der Waals surface area contributed by atoms with Crippen molar-refractivity contribution >= 4 is 22.9 Å². The number of aromatic nitrogens is 5. The second kappa shape index (κ2) is 7.99. The number of alkyl halides is 2. The highest BCUT2D eigenvalue weighted by Gasteiger charge is 2.46. The Hall–Kier alpha value is -3.18. The van der Waals surface area contributed by atoms with Gasteiger partial charge in [-0.25, -0.2) is 18.3 Å². The van der Waals surface area contributed by atoms with Crippen LogP contribution in [0, 0.1) is 6.92 Å². The SMILES string of the molecule is Cc1sc(C(=O)N[C@@H]2[C@H](N)CCCC2(F)F)cc1-c1cnn2cc(-c3cnn(C)c3)cnc12. The number of hydrogen-bond acceptors (Lipinski definition) is 6. The van der Waals surface area contributed by atoms with Gasteiger partial charge in [0.05, 0.1) is 17.3 Å². The van der Waals surface area contributed by atoms with Gasteiger partial charge in [-0.3, -0.25) is 9.48 Å². The summed E-state index contributed by atoms with van der Waals surface area (Å²) < 4.78 is 32.0. The summed E-state index contributed by atoms with van der Waals surface area (Å²) >= 11 is 1.25. The Morgan fingerprint density at radius 2 is 2.00 bits per heavy atom. The molecule has 4 aromatic heterocycles. The van der Waals surface area contributed by atoms with Crippen molar-refractivity contribution in [3.05, 3.63) is 46.8 Å². The van der Waals surface area contributed by atoms with E-state index in [1.54, 1.807) is 33.9 Å². The fraction of sp³-hybridized carbons (Fsp3) is 0.364. The third-order valence-electron chi connectivity index (χ3n) is 6.04. The summed E-state index contributed by atoms with van der Waals surface area (Å²) in [6.45, 7) is 1.88. The van der Waals surface area contributed by atoms with Crippen LogP contribution in [0.3, 0.4) is 0 Å². The third kappa shape index (κ3) is 3.91. The normalized spacial score (nSPS) is 20.3. The minimum absolute atomic E-state index is 0.268. The van der Waals surface area contributed by atoms with Crippen molar-refractivity contribution in [2.45, 2.75) is 44.2 Å². The second-order valence-electron chi connectivity index (χ2n) is 8.42. The van der Waals surface area contributed by atoms with Crippen molar-refractivity contribution in [1.29, 1.82) is 0 Å². The molecule has 1 fully saturated rings. The van der Waals surface area contributed by atoms with Gasteiger partial charge in [-0.1, -0.05) is 0 Å². The number of halogens is 2. The smallest absolute Gasteiger partial charge is 0.269 e. The molecule has 0 spiro atoms. The number of fused-ring (bicyclic) bond motifs is 1. The maximum Gasteiger partial charge on any atom is 0.269 e. The molecule has 4 aromatic rings. The monoisotopic (exact) mass is 471 g/mol. The van der Waals surface area contributed by atoms with Gasteiger partial charge >= 0.3 is 0 Å². The topological polar surface area (TPSA) is 103 Å². The van der Waals surface area contributed by atoms with Gasteiger partial charge < -0.3 is 11.1 Å². The molecule has 1 saturated carbocycles. The van der Waals surface area contributed by atoms with Gasteiger partial charge in [0.15, 0.2) is 5.65 Å². The summed E-state index contributed by atoms with van der Waals surface area (Å²) in [6.07, 6.45) is 9.50. The van der Waals surface area contributed by atoms with Gasteiger partial charge in [-0.05, 0) is 25.8 Å². The van der Waals surface area contributed by atoms with Gasteiger partial charge in [0, 0.05) is 65.2 Å². The average Bonchev–Trinajstić information content (AvgIpc) is 3.48. The number of rotatable bonds is 4. The molecule has 0 unspecified atom stereocenters. The Bertz CT molecular complexity index is 1340. The quantitative estimate of drug-likeness (QED) is 0.475. The maximum atomic E-state index is 14.3. The maximum absolute atomic E-state index is 14.3. The van der Waals surface area contributed by atoms with Crippen LogP contribution in [0.2, 0.25) is 0 Å². The Balaban J connectivity index is 1.43. The fourth-order valence-electron chi connectivity index (χ4n) is 4.28. The van der Waals surface area contributed by atoms with Crippen LogP contribution in [0.1, 0.15) is 33.8 Å². The molecule has 1 aliphatic rings. The molecule has 3 N–H and O–H groups in total. The van der Waals surface area contributed by atoms with E-state index in [-0.39, 0.29) is 6.42 Å². The van der Waals surface area contributed by atoms with Crippen LogP contribution in [0.25, 0.3) is 27.9 Å². The van der Waals surface area contributed by atoms with Crippen molar-refractivity contribution in [3.8, 4) is 22.3 Å². The number of carbonyl (C=O) groups excluding carboxylic acids is 1. The van der Waals surface area contributed by atoms with Crippen LogP contribution < -0.4 is 11.1 Å². The Kier molecular flexibility index (Phi) is 5.25. The van der Waals surface area contributed by atoms with E-state index < -0.39 is 23.9 Å². The molecule has 0 bridgehead atoms. The number of nitrogens with one attached hydrogen (secondary N) is 1. The second-order valence-corrected chi connectivity index (χ2v) is 9.68. The summed E-state index contributed by atoms with van der Waals surface area (Å²) in [5.74, 6) is -3.56. The number of carbonyl (C=O) groups is 1. The summed E-state index contributed by atoms with van der Waals surface area (Å²) in [6, 6.07) is -0.430. The molecule has 8 nitrogen and oxygen atoms in total. The lowest BCUT2D eigenvalue weighted by Gasteiger charge is -2.36. The van der Waals surface area contributed by atoms with E-state index in [2.05, 4.69) is 20.5 Å². The van der Waals surface area contributed by atoms with Gasteiger partial charge in [-0.2, -0.15) is 10.2 Å². The minimum Gasteiger partial charge on any atom is -0.341 e. The van der Waals surface area contributed by atoms with Crippen LogP contribution in [-0.4, -0.2) is 48.3 Å². The number of thiophene rings is 1. The number of aryl methyl sites for hydroxylation is 2. The van der Waals surface area contributed by atoms with E-state index in [4.69, 9.17) is 5.73 Å². The fourth-order valence-corrected chi connectivity index (χ4v) is 5.22. The lowest BCUT2D eigenvalue weighted by Crippen LogP contribution is -2.59. The zero-order valence-corrected chi connectivity index (χ0v) is 18.9. The van der Waals surface area contributed by atoms with Crippen molar-refractivity contribution in [2.75, 3.05) is 0 Å². The van der Waals surface area contributed by atoms with Gasteiger partial charge in [0.2, 0.25) is 0 Å². The molecule has 172 valence electrons. The Morgan fingerprint density at radius 3 is 2.73 bits per heavy atom. The van der Waals surface area contributed by atoms with E-state index in [1.165, 1.54) is 11.3 Å². The van der Waals surface area contributed by atoms with Crippen molar-refractivity contribution < 1.29 is 13.6 Å². The summed E-state index contributed by atoms with van der Waals surface area (Å²) in [4.78, 5) is 18.6. The highest BCUT2D eigenvalue weighted by Crippen LogP contribution is 2.36. The molecule has 0 radical (unpaired) electrons. The van der Waals surface area contributed by atoms with Crippen LogP contribution in [-0.2, 0) is 7.05 Å². The molecule has 33 heavy (non-hydrogen) atoms. The van der Waals surface area contributed by atoms with E-state index in [9.17, 15) is 13.6 Å². The van der Waals surface area contributed by atoms with E-state index >= 15 is 0 Å². The standard InChI is InChI=1S/C22H23F2N7OS/c1-12-15(6-18(33-12)21(32)29-19-17(25)4-3-5-22(19,23)24)16-9-28-31-11-13(7-26-20(16)31)14-8-27-30(2)10-14/h6-11,17,19H,3-5,25H2,1-2H3,(H,29,32)/t17-,19-/m1/s1. The molecule has 5 rings (SSSR count). The first kappa shape index (κ1) is 21.7. The zero-order valence-electron chi connectivity index (χ0n) is 18.1. The molecule has 1 amide bonds. The molecular weight excluding hydrogens is 448 g/mol. The molecule has 11 heteroatoms. The minimum atomic E-state index is -3.01. The first-order valence-electron chi connectivity index (χ1n) is 10.6. The lowest BCUT2D eigenvalue weighted by atomic mass is 9.87. The number of nitrogens with two attached hydrogens (primary N) is 1. The first-order chi connectivity index (χ1) is 15.7. The van der Waals surface area contributed by atoms with Crippen molar-refractivity contribution in [2.24, 2.45) is 12.8 Å². The lowest BCUT2D eigenvalue weighted by molar-refractivity contribution is -0.0674. The molecule has 0 saturated heterocycles. The van der Waals surface area contributed by atoms with Crippen LogP contribution in [0.4, 0.5) is 8.78 Å². The molecule has 1 aliphatic carbocycles. The third-order valence-corrected chi connectivity index (χ3v) is 7.09. The molecule has 0 aromatic carbocycles. The number of nitrogens with zero attached hydrogens (tertiary/aromatic N) is 5. The van der Waals surface area contributed by atoms with Gasteiger partial charge in [0.1, 0.15) is 6.04 Å². The van der Waals surface area contributed by atoms with Gasteiger partial charge in [0.25, 0.3) is 11.8 Å². The average molecular weight is 472 g/mol. The predicted molar refractivity (Wildman–Crippen MR) is 121 cm³/mol. The number of hydrogen-bond donors (Lipinski definition) is 2. The predicted octanol–water partition coefficient (Wildman–Crippen LogP) is 3.41. The summed E-state index contributed by atoms with van der Waals surface area (Å²) in [5, 5.41) is 11.1. The van der Waals surface area contributed by atoms with E-state index in [1.807, 2.05) is 26.4 Å². The zero-order chi connectivity index (χ0) is 23.3. The molecular formula is C22H23F2N7OS. The van der Waals surface area contributed by atoms with Crippen LogP contribution in [0.15, 0.2) is 37.1 Å². The van der Waals surface area contributed by atoms with Crippen LogP contribution >= 0.6 is 11.3 Å². The van der Waals surface area contributed by atoms with Crippen LogP contribution in [0.5, 0.6) is 0 Å². The highest BCUT2D eigenvalue weighted by atomic mass is 32.1. The van der Waals surface area contributed by atoms with Crippen molar-refractivity contribution in [1.82, 2.24) is 29.7 Å². The van der Waals surface area contributed by atoms with Gasteiger partial charge in [-0.15, -0.1) is 11.3 Å².